The van der Waals surface area contributed by atoms with Gasteiger partial charge in [-0.05, 0) is 65.8 Å². The van der Waals surface area contributed by atoms with E-state index in [9.17, 15) is 9.90 Å². The maximum absolute atomic E-state index is 11.7. The van der Waals surface area contributed by atoms with E-state index in [-0.39, 0.29) is 18.3 Å². The zero-order valence-electron chi connectivity index (χ0n) is 21.8. The molecule has 2 heterocycles. The summed E-state index contributed by atoms with van der Waals surface area (Å²) in [6.07, 6.45) is 3.51. The van der Waals surface area contributed by atoms with Crippen LogP contribution in [0.25, 0.3) is 10.8 Å². The van der Waals surface area contributed by atoms with Gasteiger partial charge in [0.25, 0.3) is 0 Å². The Bertz CT molecular complexity index is 1190. The summed E-state index contributed by atoms with van der Waals surface area (Å²) in [6, 6.07) is 22.7. The van der Waals surface area contributed by atoms with Crippen LogP contribution < -0.4 is 4.74 Å². The molecule has 2 aliphatic rings. The van der Waals surface area contributed by atoms with Gasteiger partial charge in [-0.15, -0.1) is 0 Å². The molecule has 0 aromatic heterocycles. The summed E-state index contributed by atoms with van der Waals surface area (Å²) in [5, 5.41) is 12.0. The fourth-order valence-electron chi connectivity index (χ4n) is 5.31. The first-order valence-corrected chi connectivity index (χ1v) is 13.7. The number of benzene rings is 3. The number of rotatable bonds is 10. The maximum atomic E-state index is 11.7. The van der Waals surface area contributed by atoms with Crippen molar-refractivity contribution in [2.45, 2.75) is 57.0 Å². The molecule has 3 aromatic carbocycles. The lowest BCUT2D eigenvalue weighted by Gasteiger charge is -2.37. The van der Waals surface area contributed by atoms with Gasteiger partial charge < -0.3 is 29.0 Å². The largest absolute Gasteiger partial charge is 0.493 e. The molecule has 5 rings (SSSR count). The number of amides is 1. The Morgan fingerprint density at radius 2 is 1.84 bits per heavy atom. The first kappa shape index (κ1) is 26.5. The molecule has 202 valence electrons. The molecule has 0 bridgehead atoms. The van der Waals surface area contributed by atoms with Crippen LogP contribution in [0.15, 0.2) is 66.7 Å². The summed E-state index contributed by atoms with van der Waals surface area (Å²) in [5.41, 5.74) is 2.19. The quantitative estimate of drug-likeness (QED) is 0.321. The summed E-state index contributed by atoms with van der Waals surface area (Å²) < 4.78 is 23.8. The van der Waals surface area contributed by atoms with Crippen molar-refractivity contribution in [1.29, 1.82) is 0 Å². The minimum atomic E-state index is -0.902. The van der Waals surface area contributed by atoms with E-state index in [0.717, 1.165) is 49.2 Å². The van der Waals surface area contributed by atoms with Crippen LogP contribution in [-0.2, 0) is 20.8 Å². The van der Waals surface area contributed by atoms with Crippen molar-refractivity contribution in [2.75, 3.05) is 32.9 Å². The zero-order valence-corrected chi connectivity index (χ0v) is 21.8. The molecule has 38 heavy (non-hydrogen) atoms. The maximum Gasteiger partial charge on any atom is 0.407 e. The fourth-order valence-corrected chi connectivity index (χ4v) is 5.31. The number of carbonyl (C=O) groups is 1. The van der Waals surface area contributed by atoms with Crippen LogP contribution in [-0.4, -0.2) is 61.4 Å². The van der Waals surface area contributed by atoms with E-state index in [1.807, 2.05) is 24.3 Å². The minimum Gasteiger partial charge on any atom is -0.493 e. The van der Waals surface area contributed by atoms with Crippen LogP contribution >= 0.6 is 0 Å². The van der Waals surface area contributed by atoms with Crippen molar-refractivity contribution >= 4 is 16.9 Å². The number of fused-ring (bicyclic) bond motifs is 1. The predicted molar refractivity (Wildman–Crippen MR) is 146 cm³/mol. The van der Waals surface area contributed by atoms with Crippen LogP contribution in [0.1, 0.15) is 49.1 Å². The fraction of sp³-hybridized carbons (Fsp3) is 0.452. The lowest BCUT2D eigenvalue weighted by molar-refractivity contribution is -0.163. The molecular weight excluding hydrogens is 482 g/mol. The first-order chi connectivity index (χ1) is 18.7. The Balaban J connectivity index is 1.19. The third kappa shape index (κ3) is 7.04. The summed E-state index contributed by atoms with van der Waals surface area (Å²) >= 11 is 0. The van der Waals surface area contributed by atoms with Gasteiger partial charge in [-0.1, -0.05) is 48.5 Å². The van der Waals surface area contributed by atoms with E-state index in [1.54, 1.807) is 0 Å². The van der Waals surface area contributed by atoms with Gasteiger partial charge in [-0.25, -0.2) is 4.79 Å². The number of hydrogen-bond acceptors (Lipinski definition) is 5. The Morgan fingerprint density at radius 1 is 0.947 bits per heavy atom. The van der Waals surface area contributed by atoms with E-state index in [0.29, 0.717) is 39.3 Å². The van der Waals surface area contributed by atoms with Crippen molar-refractivity contribution in [3.63, 3.8) is 0 Å². The Labute approximate surface area is 224 Å². The van der Waals surface area contributed by atoms with Crippen LogP contribution in [0.2, 0.25) is 0 Å². The van der Waals surface area contributed by atoms with E-state index < -0.39 is 6.09 Å². The van der Waals surface area contributed by atoms with Gasteiger partial charge in [-0.2, -0.15) is 0 Å². The van der Waals surface area contributed by atoms with Crippen molar-refractivity contribution in [3.05, 3.63) is 77.9 Å². The highest BCUT2D eigenvalue weighted by molar-refractivity contribution is 5.82. The summed E-state index contributed by atoms with van der Waals surface area (Å²) in [4.78, 5) is 13.2. The number of piperidine rings is 1. The third-order valence-electron chi connectivity index (χ3n) is 7.39. The second-order valence-electron chi connectivity index (χ2n) is 10.1. The minimum absolute atomic E-state index is 0.0738. The van der Waals surface area contributed by atoms with Crippen LogP contribution in [0, 0.1) is 0 Å². The van der Waals surface area contributed by atoms with E-state index in [4.69, 9.17) is 18.9 Å². The second-order valence-corrected chi connectivity index (χ2v) is 10.1. The van der Waals surface area contributed by atoms with E-state index in [2.05, 4.69) is 42.5 Å². The van der Waals surface area contributed by atoms with Crippen LogP contribution in [0.5, 0.6) is 5.75 Å². The summed E-state index contributed by atoms with van der Waals surface area (Å²) in [7, 11) is 0. The highest BCUT2D eigenvalue weighted by Gasteiger charge is 2.33. The third-order valence-corrected chi connectivity index (χ3v) is 7.39. The molecule has 7 nitrogen and oxygen atoms in total. The molecule has 0 saturated carbocycles. The van der Waals surface area contributed by atoms with Gasteiger partial charge in [-0.3, -0.25) is 0 Å². The topological polar surface area (TPSA) is 77.5 Å². The average Bonchev–Trinajstić information content (AvgIpc) is 2.96. The molecular formula is C31H37NO6. The normalized spacial score (nSPS) is 21.9. The highest BCUT2D eigenvalue weighted by atomic mass is 16.7. The molecule has 3 unspecified atom stereocenters. The smallest absolute Gasteiger partial charge is 0.407 e. The van der Waals surface area contributed by atoms with Gasteiger partial charge in [0, 0.05) is 25.5 Å². The van der Waals surface area contributed by atoms with Gasteiger partial charge in [0.2, 0.25) is 0 Å². The molecule has 3 atom stereocenters. The van der Waals surface area contributed by atoms with E-state index >= 15 is 0 Å². The van der Waals surface area contributed by atoms with Gasteiger partial charge in [0.15, 0.2) is 6.29 Å². The van der Waals surface area contributed by atoms with Crippen molar-refractivity contribution in [1.82, 2.24) is 4.90 Å². The number of likely N-dealkylation sites (tertiary alicyclic amines) is 1. The lowest BCUT2D eigenvalue weighted by atomic mass is 9.87. The molecule has 0 aliphatic carbocycles. The van der Waals surface area contributed by atoms with Crippen molar-refractivity contribution in [3.8, 4) is 5.75 Å². The zero-order chi connectivity index (χ0) is 26.2. The molecule has 3 aromatic rings. The predicted octanol–water partition coefficient (Wildman–Crippen LogP) is 6.20. The summed E-state index contributed by atoms with van der Waals surface area (Å²) in [5.74, 6) is 0.895. The number of hydrogen-bond donors (Lipinski definition) is 1. The first-order valence-electron chi connectivity index (χ1n) is 13.7. The molecule has 2 aliphatic heterocycles. The molecule has 1 N–H and O–H groups in total. The monoisotopic (exact) mass is 519 g/mol. The van der Waals surface area contributed by atoms with Crippen LogP contribution in [0.4, 0.5) is 4.79 Å². The van der Waals surface area contributed by atoms with E-state index in [1.165, 1.54) is 15.7 Å². The van der Waals surface area contributed by atoms with Crippen molar-refractivity contribution < 1.29 is 28.8 Å². The number of carboxylic acid groups (broad SMARTS) is 1. The Hall–Kier alpha value is -3.13. The molecule has 0 radical (unpaired) electrons. The second kappa shape index (κ2) is 13.1. The standard InChI is InChI=1S/C31H37NO6/c33-31(34)32-15-14-28(29(21-32)38-22-23-12-13-24-7-1-2-8-25(24)19-23)26-9-5-10-27(20-26)35-17-6-18-37-30-11-3-4-16-36-30/h1-2,5,7-10,12-13,19-20,28-30H,3-4,6,11,14-18,21-22H2,(H,33,34). The Kier molecular flexibility index (Phi) is 9.12. The molecule has 0 spiro atoms. The van der Waals surface area contributed by atoms with Gasteiger partial charge in [0.05, 0.1) is 32.5 Å². The SMILES string of the molecule is O=C(O)N1CCC(c2cccc(OCCCOC3CCCCO3)c2)C(OCc2ccc3ccccc3c2)C1. The van der Waals surface area contributed by atoms with Gasteiger partial charge in [0.1, 0.15) is 5.75 Å². The van der Waals surface area contributed by atoms with Gasteiger partial charge >= 0.3 is 6.09 Å². The number of ether oxygens (including phenoxy) is 4. The summed E-state index contributed by atoms with van der Waals surface area (Å²) in [6.45, 7) is 3.23. The van der Waals surface area contributed by atoms with Crippen molar-refractivity contribution in [2.24, 2.45) is 0 Å². The molecule has 7 heteroatoms. The number of nitrogens with zero attached hydrogens (tertiary/aromatic N) is 1. The highest BCUT2D eigenvalue weighted by Crippen LogP contribution is 2.33. The average molecular weight is 520 g/mol. The Morgan fingerprint density at radius 3 is 2.68 bits per heavy atom. The molecule has 2 saturated heterocycles. The molecule has 1 amide bonds. The molecule has 2 fully saturated rings. The lowest BCUT2D eigenvalue weighted by Crippen LogP contribution is -2.46. The van der Waals surface area contributed by atoms with Crippen LogP contribution in [0.3, 0.4) is 0 Å².